The number of benzene rings is 1. The first-order valence-corrected chi connectivity index (χ1v) is 5.44. The van der Waals surface area contributed by atoms with E-state index in [4.69, 9.17) is 16.7 Å². The second-order valence-electron chi connectivity index (χ2n) is 3.76. The molecule has 0 aliphatic heterocycles. The Bertz CT molecular complexity index is 336. The average Bonchev–Trinajstić information content (AvgIpc) is 2.17. The molecule has 1 N–H and O–H groups in total. The number of aliphatic carboxylic acids is 1. The second-order valence-corrected chi connectivity index (χ2v) is 4.20. The molecule has 0 fully saturated rings. The second kappa shape index (κ2) is 5.76. The van der Waals surface area contributed by atoms with Crippen LogP contribution in [0.3, 0.4) is 0 Å². The molecular weight excluding hydrogens is 212 g/mol. The zero-order chi connectivity index (χ0) is 11.3. The molecule has 0 saturated carbocycles. The predicted molar refractivity (Wildman–Crippen MR) is 61.2 cm³/mol. The molecule has 1 rings (SSSR count). The lowest BCUT2D eigenvalue weighted by atomic mass is 10.0. The van der Waals surface area contributed by atoms with Crippen molar-refractivity contribution in [3.8, 4) is 0 Å². The summed E-state index contributed by atoms with van der Waals surface area (Å²) in [6, 6.07) is 7.69. The molecule has 0 radical (unpaired) electrons. The van der Waals surface area contributed by atoms with Crippen molar-refractivity contribution >= 4 is 17.6 Å². The van der Waals surface area contributed by atoms with Crippen molar-refractivity contribution in [2.24, 2.45) is 5.92 Å². The fourth-order valence-corrected chi connectivity index (χ4v) is 1.64. The Morgan fingerprint density at radius 3 is 2.87 bits per heavy atom. The topological polar surface area (TPSA) is 37.3 Å². The molecule has 1 aromatic rings. The highest BCUT2D eigenvalue weighted by Gasteiger charge is 2.09. The van der Waals surface area contributed by atoms with Crippen LogP contribution in [0.2, 0.25) is 5.02 Å². The van der Waals surface area contributed by atoms with Crippen molar-refractivity contribution in [3.05, 3.63) is 34.9 Å². The van der Waals surface area contributed by atoms with E-state index in [1.165, 1.54) is 5.56 Å². The average molecular weight is 227 g/mol. The Morgan fingerprint density at radius 2 is 2.27 bits per heavy atom. The van der Waals surface area contributed by atoms with E-state index >= 15 is 0 Å². The van der Waals surface area contributed by atoms with Gasteiger partial charge in [0.1, 0.15) is 0 Å². The van der Waals surface area contributed by atoms with Gasteiger partial charge in [-0.25, -0.2) is 0 Å². The van der Waals surface area contributed by atoms with Crippen LogP contribution in [0, 0.1) is 5.92 Å². The number of carboxylic acid groups (broad SMARTS) is 1. The molecule has 15 heavy (non-hydrogen) atoms. The van der Waals surface area contributed by atoms with E-state index in [1.54, 1.807) is 6.92 Å². The lowest BCUT2D eigenvalue weighted by Gasteiger charge is -2.05. The summed E-state index contributed by atoms with van der Waals surface area (Å²) >= 11 is 5.84. The third-order valence-corrected chi connectivity index (χ3v) is 2.65. The Morgan fingerprint density at radius 1 is 1.53 bits per heavy atom. The van der Waals surface area contributed by atoms with Gasteiger partial charge in [-0.1, -0.05) is 30.7 Å². The van der Waals surface area contributed by atoms with Gasteiger partial charge in [0, 0.05) is 5.02 Å². The number of carbonyl (C=O) groups is 1. The summed E-state index contributed by atoms with van der Waals surface area (Å²) in [4.78, 5) is 10.6. The number of aryl methyl sites for hydroxylation is 1. The van der Waals surface area contributed by atoms with E-state index in [9.17, 15) is 4.79 Å². The first-order valence-electron chi connectivity index (χ1n) is 5.07. The summed E-state index contributed by atoms with van der Waals surface area (Å²) in [6.45, 7) is 1.74. The smallest absolute Gasteiger partial charge is 0.306 e. The summed E-state index contributed by atoms with van der Waals surface area (Å²) in [5.41, 5.74) is 1.17. The molecule has 0 spiro atoms. The molecule has 0 saturated heterocycles. The third kappa shape index (κ3) is 4.34. The fourth-order valence-electron chi connectivity index (χ4n) is 1.43. The van der Waals surface area contributed by atoms with Crippen LogP contribution in [0.25, 0.3) is 0 Å². The minimum Gasteiger partial charge on any atom is -0.481 e. The minimum atomic E-state index is -0.721. The molecule has 2 nitrogen and oxygen atoms in total. The van der Waals surface area contributed by atoms with Crippen LogP contribution in [-0.2, 0) is 11.2 Å². The number of halogens is 1. The third-order valence-electron chi connectivity index (χ3n) is 2.41. The van der Waals surface area contributed by atoms with Crippen molar-refractivity contribution < 1.29 is 9.90 Å². The van der Waals surface area contributed by atoms with E-state index in [0.29, 0.717) is 6.42 Å². The van der Waals surface area contributed by atoms with Gasteiger partial charge in [0.2, 0.25) is 0 Å². The largest absolute Gasteiger partial charge is 0.481 e. The summed E-state index contributed by atoms with van der Waals surface area (Å²) in [5.74, 6) is -0.981. The number of rotatable bonds is 5. The number of hydrogen-bond donors (Lipinski definition) is 1. The Labute approximate surface area is 94.9 Å². The molecule has 1 aromatic carbocycles. The predicted octanol–water partition coefficient (Wildman–Crippen LogP) is 3.38. The van der Waals surface area contributed by atoms with Gasteiger partial charge in [0.05, 0.1) is 5.92 Å². The summed E-state index contributed by atoms with van der Waals surface area (Å²) in [6.07, 6.45) is 2.48. The molecule has 1 atom stereocenters. The zero-order valence-electron chi connectivity index (χ0n) is 8.74. The molecule has 0 aromatic heterocycles. The Balaban J connectivity index is 2.35. The maximum absolute atomic E-state index is 10.6. The van der Waals surface area contributed by atoms with Gasteiger partial charge in [0.15, 0.2) is 0 Å². The van der Waals surface area contributed by atoms with Gasteiger partial charge in [-0.15, -0.1) is 0 Å². The van der Waals surface area contributed by atoms with Crippen molar-refractivity contribution in [3.63, 3.8) is 0 Å². The molecule has 1 unspecified atom stereocenters. The lowest BCUT2D eigenvalue weighted by molar-refractivity contribution is -0.141. The van der Waals surface area contributed by atoms with Crippen molar-refractivity contribution in [1.82, 2.24) is 0 Å². The van der Waals surface area contributed by atoms with Crippen LogP contribution < -0.4 is 0 Å². The van der Waals surface area contributed by atoms with Gasteiger partial charge in [-0.3, -0.25) is 4.79 Å². The normalized spacial score (nSPS) is 12.4. The maximum atomic E-state index is 10.6. The molecular formula is C12H15ClO2. The molecule has 0 aliphatic carbocycles. The summed E-state index contributed by atoms with van der Waals surface area (Å²) in [5, 5.41) is 9.44. The first-order chi connectivity index (χ1) is 7.09. The molecule has 0 bridgehead atoms. The highest BCUT2D eigenvalue weighted by atomic mass is 35.5. The molecule has 3 heteroatoms. The van der Waals surface area contributed by atoms with Crippen LogP contribution in [0.1, 0.15) is 25.3 Å². The van der Waals surface area contributed by atoms with Gasteiger partial charge < -0.3 is 5.11 Å². The van der Waals surface area contributed by atoms with E-state index in [1.807, 2.05) is 24.3 Å². The van der Waals surface area contributed by atoms with Gasteiger partial charge in [0.25, 0.3) is 0 Å². The molecule has 82 valence electrons. The van der Waals surface area contributed by atoms with E-state index in [2.05, 4.69) is 0 Å². The van der Waals surface area contributed by atoms with Crippen molar-refractivity contribution in [2.75, 3.05) is 0 Å². The highest BCUT2D eigenvalue weighted by Crippen LogP contribution is 2.14. The van der Waals surface area contributed by atoms with Crippen LogP contribution in [0.15, 0.2) is 24.3 Å². The molecule has 0 aliphatic rings. The van der Waals surface area contributed by atoms with E-state index < -0.39 is 5.97 Å². The van der Waals surface area contributed by atoms with E-state index in [0.717, 1.165) is 17.9 Å². The van der Waals surface area contributed by atoms with Crippen LogP contribution in [0.5, 0.6) is 0 Å². The van der Waals surface area contributed by atoms with Gasteiger partial charge in [-0.05, 0) is 37.0 Å². The van der Waals surface area contributed by atoms with Crippen LogP contribution in [-0.4, -0.2) is 11.1 Å². The van der Waals surface area contributed by atoms with E-state index in [-0.39, 0.29) is 5.92 Å². The van der Waals surface area contributed by atoms with Crippen LogP contribution in [0.4, 0.5) is 0 Å². The highest BCUT2D eigenvalue weighted by molar-refractivity contribution is 6.30. The van der Waals surface area contributed by atoms with Gasteiger partial charge >= 0.3 is 5.97 Å². The fraction of sp³-hybridized carbons (Fsp3) is 0.417. The van der Waals surface area contributed by atoms with Crippen molar-refractivity contribution in [2.45, 2.75) is 26.2 Å². The Kier molecular flexibility index (Phi) is 4.63. The first kappa shape index (κ1) is 12.1. The zero-order valence-corrected chi connectivity index (χ0v) is 9.50. The Hall–Kier alpha value is -1.02. The quantitative estimate of drug-likeness (QED) is 0.836. The van der Waals surface area contributed by atoms with Gasteiger partial charge in [-0.2, -0.15) is 0 Å². The summed E-state index contributed by atoms with van der Waals surface area (Å²) in [7, 11) is 0. The minimum absolute atomic E-state index is 0.260. The number of carboxylic acids is 1. The standard InChI is InChI=1S/C12H15ClO2/c1-9(12(14)15)4-2-5-10-6-3-7-11(13)8-10/h3,6-9H,2,4-5H2,1H3,(H,14,15). The van der Waals surface area contributed by atoms with Crippen LogP contribution >= 0.6 is 11.6 Å². The molecule has 0 heterocycles. The summed E-state index contributed by atoms with van der Waals surface area (Å²) < 4.78 is 0. The van der Waals surface area contributed by atoms with Crippen molar-refractivity contribution in [1.29, 1.82) is 0 Å². The molecule has 0 amide bonds. The number of hydrogen-bond acceptors (Lipinski definition) is 1. The lowest BCUT2D eigenvalue weighted by Crippen LogP contribution is -2.09. The monoisotopic (exact) mass is 226 g/mol. The SMILES string of the molecule is CC(CCCc1cccc(Cl)c1)C(=O)O. The maximum Gasteiger partial charge on any atom is 0.306 e.